The Hall–Kier alpha value is -3.86. The molecule has 0 spiro atoms. The SMILES string of the molecule is O=C(CC(c1ccccc1)N1CCN(C(CC(=O)c2ccccc2)c2ccccc2)CC1)c1ccccc1. The summed E-state index contributed by atoms with van der Waals surface area (Å²) in [7, 11) is 0. The summed E-state index contributed by atoms with van der Waals surface area (Å²) in [4.78, 5) is 31.3. The fourth-order valence-electron chi connectivity index (χ4n) is 5.46. The number of carbonyl (C=O) groups is 2. The first-order valence-corrected chi connectivity index (χ1v) is 13.4. The molecule has 1 heterocycles. The lowest BCUT2D eigenvalue weighted by molar-refractivity contribution is 0.0557. The number of piperazine rings is 1. The molecular formula is C34H34N2O2. The van der Waals surface area contributed by atoms with Crippen LogP contribution in [0.1, 0.15) is 56.8 Å². The van der Waals surface area contributed by atoms with E-state index in [1.807, 2.05) is 97.1 Å². The Morgan fingerprint density at radius 1 is 0.474 bits per heavy atom. The van der Waals surface area contributed by atoms with Crippen LogP contribution >= 0.6 is 0 Å². The average Bonchev–Trinajstić information content (AvgIpc) is 3.00. The molecule has 0 saturated carbocycles. The highest BCUT2D eigenvalue weighted by atomic mass is 16.1. The van der Waals surface area contributed by atoms with Gasteiger partial charge in [-0.2, -0.15) is 0 Å². The summed E-state index contributed by atoms with van der Waals surface area (Å²) in [6.07, 6.45) is 0.894. The zero-order valence-electron chi connectivity index (χ0n) is 21.7. The van der Waals surface area contributed by atoms with E-state index in [9.17, 15) is 9.59 Å². The van der Waals surface area contributed by atoms with Crippen LogP contribution in [0.25, 0.3) is 0 Å². The van der Waals surface area contributed by atoms with Gasteiger partial charge in [-0.15, -0.1) is 0 Å². The maximum Gasteiger partial charge on any atom is 0.164 e. The van der Waals surface area contributed by atoms with E-state index in [1.165, 1.54) is 11.1 Å². The topological polar surface area (TPSA) is 40.6 Å². The van der Waals surface area contributed by atoms with Crippen molar-refractivity contribution < 1.29 is 9.59 Å². The van der Waals surface area contributed by atoms with Crippen LogP contribution in [-0.4, -0.2) is 47.5 Å². The molecule has 192 valence electrons. The second-order valence-electron chi connectivity index (χ2n) is 9.91. The molecule has 4 aromatic rings. The lowest BCUT2D eigenvalue weighted by atomic mass is 9.94. The molecule has 4 heteroatoms. The molecule has 0 aromatic heterocycles. The molecule has 38 heavy (non-hydrogen) atoms. The van der Waals surface area contributed by atoms with E-state index in [0.29, 0.717) is 12.8 Å². The Kier molecular flexibility index (Phi) is 8.54. The first-order valence-electron chi connectivity index (χ1n) is 13.4. The maximum atomic E-state index is 13.2. The van der Waals surface area contributed by atoms with Gasteiger partial charge in [-0.1, -0.05) is 121 Å². The normalized spacial score (nSPS) is 16.0. The van der Waals surface area contributed by atoms with Gasteiger partial charge in [-0.3, -0.25) is 19.4 Å². The fourth-order valence-corrected chi connectivity index (χ4v) is 5.46. The van der Waals surface area contributed by atoms with E-state index in [0.717, 1.165) is 37.3 Å². The Balaban J connectivity index is 1.32. The average molecular weight is 503 g/mol. The third-order valence-electron chi connectivity index (χ3n) is 7.55. The van der Waals surface area contributed by atoms with Crippen molar-refractivity contribution in [1.29, 1.82) is 0 Å². The lowest BCUT2D eigenvalue weighted by Crippen LogP contribution is -2.49. The van der Waals surface area contributed by atoms with E-state index in [-0.39, 0.29) is 23.7 Å². The highest BCUT2D eigenvalue weighted by molar-refractivity contribution is 5.97. The van der Waals surface area contributed by atoms with Crippen LogP contribution in [0.2, 0.25) is 0 Å². The van der Waals surface area contributed by atoms with Gasteiger partial charge in [0, 0.05) is 62.2 Å². The Morgan fingerprint density at radius 2 is 0.763 bits per heavy atom. The minimum absolute atomic E-state index is 0.0205. The van der Waals surface area contributed by atoms with Gasteiger partial charge in [-0.05, 0) is 11.1 Å². The van der Waals surface area contributed by atoms with Gasteiger partial charge in [0.15, 0.2) is 11.6 Å². The highest BCUT2D eigenvalue weighted by Crippen LogP contribution is 2.31. The Bertz CT molecular complexity index is 1200. The van der Waals surface area contributed by atoms with E-state index >= 15 is 0 Å². The Labute approximate surface area is 225 Å². The van der Waals surface area contributed by atoms with Gasteiger partial charge in [0.1, 0.15) is 0 Å². The molecule has 0 bridgehead atoms. The largest absolute Gasteiger partial charge is 0.294 e. The van der Waals surface area contributed by atoms with E-state index in [4.69, 9.17) is 0 Å². The minimum Gasteiger partial charge on any atom is -0.294 e. The van der Waals surface area contributed by atoms with Gasteiger partial charge in [0.2, 0.25) is 0 Å². The predicted octanol–water partition coefficient (Wildman–Crippen LogP) is 6.63. The number of ketones is 2. The maximum absolute atomic E-state index is 13.2. The molecule has 0 radical (unpaired) electrons. The number of hydrogen-bond donors (Lipinski definition) is 0. The van der Waals surface area contributed by atoms with Crippen molar-refractivity contribution in [3.63, 3.8) is 0 Å². The zero-order valence-corrected chi connectivity index (χ0v) is 21.7. The van der Waals surface area contributed by atoms with Crippen LogP contribution < -0.4 is 0 Å². The molecule has 0 amide bonds. The quantitative estimate of drug-likeness (QED) is 0.228. The van der Waals surface area contributed by atoms with Crippen LogP contribution in [0.15, 0.2) is 121 Å². The molecule has 1 aliphatic rings. The monoisotopic (exact) mass is 502 g/mol. The van der Waals surface area contributed by atoms with Gasteiger partial charge >= 0.3 is 0 Å². The molecule has 2 unspecified atom stereocenters. The molecule has 0 aliphatic carbocycles. The molecule has 0 N–H and O–H groups in total. The molecule has 2 atom stereocenters. The summed E-state index contributed by atoms with van der Waals surface area (Å²) in [5, 5.41) is 0. The first-order chi connectivity index (χ1) is 18.7. The summed E-state index contributed by atoms with van der Waals surface area (Å²) >= 11 is 0. The summed E-state index contributed by atoms with van der Waals surface area (Å²) in [5.74, 6) is 0.329. The van der Waals surface area contributed by atoms with Crippen LogP contribution in [0.5, 0.6) is 0 Å². The third kappa shape index (κ3) is 6.34. The predicted molar refractivity (Wildman–Crippen MR) is 152 cm³/mol. The van der Waals surface area contributed by atoms with Crippen molar-refractivity contribution in [1.82, 2.24) is 9.80 Å². The summed E-state index contributed by atoms with van der Waals surface area (Å²) in [5.41, 5.74) is 3.86. The molecular weight excluding hydrogens is 468 g/mol. The lowest BCUT2D eigenvalue weighted by Gasteiger charge is -2.42. The number of nitrogens with zero attached hydrogens (tertiary/aromatic N) is 2. The molecule has 4 nitrogen and oxygen atoms in total. The van der Waals surface area contributed by atoms with Crippen molar-refractivity contribution in [2.24, 2.45) is 0 Å². The Morgan fingerprint density at radius 3 is 1.08 bits per heavy atom. The van der Waals surface area contributed by atoms with Crippen molar-refractivity contribution in [3.8, 4) is 0 Å². The molecule has 4 aromatic carbocycles. The third-order valence-corrected chi connectivity index (χ3v) is 7.55. The van der Waals surface area contributed by atoms with E-state index in [1.54, 1.807) is 0 Å². The molecule has 1 fully saturated rings. The van der Waals surface area contributed by atoms with Crippen LogP contribution in [0.4, 0.5) is 0 Å². The van der Waals surface area contributed by atoms with Crippen LogP contribution in [0.3, 0.4) is 0 Å². The molecule has 1 saturated heterocycles. The number of hydrogen-bond acceptors (Lipinski definition) is 4. The first kappa shape index (κ1) is 25.8. The van der Waals surface area contributed by atoms with E-state index < -0.39 is 0 Å². The van der Waals surface area contributed by atoms with Gasteiger partial charge in [0.25, 0.3) is 0 Å². The molecule has 1 aliphatic heterocycles. The summed E-state index contributed by atoms with van der Waals surface area (Å²) in [6.45, 7) is 3.35. The fraction of sp³-hybridized carbons (Fsp3) is 0.235. The van der Waals surface area contributed by atoms with Gasteiger partial charge in [-0.25, -0.2) is 0 Å². The smallest absolute Gasteiger partial charge is 0.164 e. The number of benzene rings is 4. The standard InChI is InChI=1S/C34H34N2O2/c37-33(29-17-9-3-10-18-29)25-31(27-13-5-1-6-14-27)35-21-23-36(24-22-35)32(28-15-7-2-8-16-28)26-34(38)30-19-11-4-12-20-30/h1-20,31-32H,21-26H2. The number of Topliss-reactive ketones (excluding diaryl/α,β-unsaturated/α-hetero) is 2. The number of rotatable bonds is 10. The van der Waals surface area contributed by atoms with Gasteiger partial charge < -0.3 is 0 Å². The highest BCUT2D eigenvalue weighted by Gasteiger charge is 2.31. The van der Waals surface area contributed by atoms with Gasteiger partial charge in [0.05, 0.1) is 0 Å². The second kappa shape index (κ2) is 12.6. The van der Waals surface area contributed by atoms with Crippen molar-refractivity contribution in [3.05, 3.63) is 144 Å². The summed E-state index contributed by atoms with van der Waals surface area (Å²) in [6, 6.07) is 39.9. The van der Waals surface area contributed by atoms with Crippen molar-refractivity contribution in [2.75, 3.05) is 26.2 Å². The van der Waals surface area contributed by atoms with E-state index in [2.05, 4.69) is 34.1 Å². The molecule has 5 rings (SSSR count). The summed E-state index contributed by atoms with van der Waals surface area (Å²) < 4.78 is 0. The second-order valence-corrected chi connectivity index (χ2v) is 9.91. The minimum atomic E-state index is 0.0205. The number of carbonyl (C=O) groups excluding carboxylic acids is 2. The van der Waals surface area contributed by atoms with Crippen LogP contribution in [-0.2, 0) is 0 Å². The van der Waals surface area contributed by atoms with Crippen molar-refractivity contribution in [2.45, 2.75) is 24.9 Å². The van der Waals surface area contributed by atoms with Crippen molar-refractivity contribution >= 4 is 11.6 Å². The zero-order chi connectivity index (χ0) is 26.2. The van der Waals surface area contributed by atoms with Crippen LogP contribution in [0, 0.1) is 0 Å².